The Hall–Kier alpha value is -12.3. The summed E-state index contributed by atoms with van der Waals surface area (Å²) in [6, 6.07) is 41.0. The number of ether oxygens (including phenoxy) is 12. The van der Waals surface area contributed by atoms with Gasteiger partial charge in [-0.25, -0.2) is 33.6 Å². The highest BCUT2D eigenvalue weighted by molar-refractivity contribution is 5.87. The summed E-state index contributed by atoms with van der Waals surface area (Å²) in [5.41, 5.74) is 12.1. The van der Waals surface area contributed by atoms with Crippen LogP contribution in [0.15, 0.2) is 161 Å². The predicted octanol–water partition coefficient (Wildman–Crippen LogP) is 15.6. The fraction of sp³-hybridized carbons (Fsp3) is 0.542. The third kappa shape index (κ3) is 25.0. The zero-order valence-corrected chi connectivity index (χ0v) is 87.7. The van der Waals surface area contributed by atoms with Crippen LogP contribution in [0.4, 0.5) is 0 Å². The van der Waals surface area contributed by atoms with E-state index >= 15 is 0 Å². The van der Waals surface area contributed by atoms with Gasteiger partial charge in [-0.15, -0.1) is 0 Å². The molecule has 35 heteroatoms. The average molecular weight is 1970 g/mol. The Balaban J connectivity index is 0.000000148. The lowest BCUT2D eigenvalue weighted by Gasteiger charge is -2.23. The van der Waals surface area contributed by atoms with Crippen molar-refractivity contribution in [2.24, 2.45) is 55.3 Å². The molecule has 0 saturated carbocycles. The molecular weight excluding hydrogens is 1820 g/mol. The van der Waals surface area contributed by atoms with Gasteiger partial charge in [0.25, 0.3) is 0 Å². The third-order valence-electron chi connectivity index (χ3n) is 26.0. The molecule has 4 fully saturated rings. The van der Waals surface area contributed by atoms with Crippen LogP contribution in [0.1, 0.15) is 191 Å². The Morgan fingerprint density at radius 3 is 1.01 bits per heavy atom. The largest absolute Gasteiger partial charge is 0.506 e. The van der Waals surface area contributed by atoms with Crippen molar-refractivity contribution in [3.63, 3.8) is 0 Å². The van der Waals surface area contributed by atoms with Crippen molar-refractivity contribution in [2.75, 3.05) is 120 Å². The van der Waals surface area contributed by atoms with Gasteiger partial charge in [-0.1, -0.05) is 30.3 Å². The number of benzene rings is 7. The number of hydrogen-bond acceptors (Lipinski definition) is 21. The van der Waals surface area contributed by atoms with Gasteiger partial charge in [0, 0.05) is 157 Å². The molecule has 0 unspecified atom stereocenters. The molecule has 14 aromatic rings. The molecule has 142 heavy (non-hydrogen) atoms. The number of aryl methyl sites for hydroxylation is 7. The highest BCUT2D eigenvalue weighted by atomic mass is 16.6. The van der Waals surface area contributed by atoms with Crippen molar-refractivity contribution in [2.45, 2.75) is 209 Å². The van der Waals surface area contributed by atoms with Gasteiger partial charge in [0.15, 0.2) is 0 Å². The minimum Gasteiger partial charge on any atom is -0.506 e. The summed E-state index contributed by atoms with van der Waals surface area (Å²) in [4.78, 5) is 88.1. The molecule has 11 heterocycles. The van der Waals surface area contributed by atoms with Gasteiger partial charge in [-0.05, 0) is 240 Å². The topological polar surface area (TPSA) is 323 Å². The zero-order chi connectivity index (χ0) is 103. The zero-order valence-electron chi connectivity index (χ0n) is 87.7. The van der Waals surface area contributed by atoms with Crippen LogP contribution in [0.2, 0.25) is 0 Å². The summed E-state index contributed by atoms with van der Waals surface area (Å²) >= 11 is 0. The normalized spacial score (nSPS) is 15.2. The molecule has 4 aliphatic rings. The molecule has 0 bridgehead atoms. The molecule has 774 valence electrons. The Morgan fingerprint density at radius 2 is 0.648 bits per heavy atom. The van der Waals surface area contributed by atoms with Crippen LogP contribution in [0, 0.1) is 5.92 Å². The number of rotatable bonds is 29. The fourth-order valence-corrected chi connectivity index (χ4v) is 18.7. The second-order valence-electron chi connectivity index (χ2n) is 38.9. The van der Waals surface area contributed by atoms with Gasteiger partial charge in [-0.3, -0.25) is 63.9 Å². The van der Waals surface area contributed by atoms with E-state index in [9.17, 15) is 38.7 Å². The van der Waals surface area contributed by atoms with E-state index in [0.717, 1.165) is 204 Å². The van der Waals surface area contributed by atoms with E-state index < -0.39 is 0 Å². The van der Waals surface area contributed by atoms with Gasteiger partial charge in [0.1, 0.15) is 100 Å². The number of likely N-dealkylation sites (N-methyl/N-ethyl adjacent to an activating group) is 1. The van der Waals surface area contributed by atoms with E-state index in [0.29, 0.717) is 64.3 Å². The number of aromatic hydroxyl groups is 1. The summed E-state index contributed by atoms with van der Waals surface area (Å²) in [6.07, 6.45) is 8.68. The molecule has 4 aliphatic heterocycles. The second kappa shape index (κ2) is 49.6. The third-order valence-corrected chi connectivity index (χ3v) is 26.0. The van der Waals surface area contributed by atoms with Gasteiger partial charge >= 0.3 is 39.8 Å². The number of fused-ring (bicyclic) bond motifs is 7. The maximum atomic E-state index is 12.4. The number of aromatic nitrogens is 14. The molecule has 7 aromatic carbocycles. The molecule has 4 saturated heterocycles. The van der Waals surface area contributed by atoms with Gasteiger partial charge in [-0.2, -0.15) is 0 Å². The minimum atomic E-state index is -0.0958. The van der Waals surface area contributed by atoms with Crippen molar-refractivity contribution < 1.29 is 61.9 Å². The number of imidazole rings is 7. The van der Waals surface area contributed by atoms with Crippen LogP contribution in [0.25, 0.3) is 77.2 Å². The Labute approximate surface area is 829 Å². The standard InChI is InChI=1S/C17H24N2O3.C16H24N2O4.3C16H22N2O3.C15H23N3O2.C11H14N2O2/c1-12(2)19-14-5-4-6-15(16(14)18(3)17(19)20)22-11-13-7-9-21-10-8-13;1-12(2)18-14-6-5-13(11-15(14)17(3)16(18)19)22-10-9-21-8-7-20-4;2*1-11(2)18-13-7-4-8-14(15(13)17(3)16(18)19)21-10-12-6-5-9-20-12;1-11(2)18-13-5-4-6-14(15(13)17(3)16(18)19)21-12-7-9-20-10-8-12;1-11(2)18-13-7-6-12(20-9-8-16(3)4)10-14(13)17(5)15(18)19;1-7(2)13-8-5-4-6-9(14)10(8)12(3)11(13)15/h4-6,12-13H,7-11H2,1-3H3;5-6,11-12H,7-10H2,1-4H3;2*4,7-8,11-12H,5-6,9-10H2,1-3H3;4-6,11-12H,7-10H2,1-3H3;6-7,10-11H,8-9H2,1-5H3;4-7,14H,1-3H3/t;;2*12-;;;/m..10.../s1. The number of phenols is 1. The van der Waals surface area contributed by atoms with Crippen molar-refractivity contribution in [1.29, 1.82) is 0 Å². The molecule has 18 rings (SSSR count). The fourth-order valence-electron chi connectivity index (χ4n) is 18.7. The van der Waals surface area contributed by atoms with Crippen molar-refractivity contribution in [1.82, 2.24) is 68.8 Å². The molecule has 35 nitrogen and oxygen atoms in total. The van der Waals surface area contributed by atoms with Crippen LogP contribution in [0.5, 0.6) is 40.2 Å². The van der Waals surface area contributed by atoms with Gasteiger partial charge in [0.2, 0.25) is 0 Å². The maximum Gasteiger partial charge on any atom is 0.329 e. The lowest BCUT2D eigenvalue weighted by molar-refractivity contribution is 0.0260. The first kappa shape index (κ1) is 109. The molecule has 0 aliphatic carbocycles. The number of phenolic OH excluding ortho intramolecular Hbond substituents is 1. The summed E-state index contributed by atoms with van der Waals surface area (Å²) < 4.78 is 91.6. The van der Waals surface area contributed by atoms with Crippen molar-refractivity contribution in [3.8, 4) is 40.2 Å². The van der Waals surface area contributed by atoms with Crippen molar-refractivity contribution >= 4 is 77.2 Å². The molecule has 2 atom stereocenters. The van der Waals surface area contributed by atoms with E-state index in [-0.39, 0.29) is 106 Å². The molecule has 0 radical (unpaired) electrons. The smallest absolute Gasteiger partial charge is 0.329 e. The predicted molar refractivity (Wildman–Crippen MR) is 559 cm³/mol. The molecule has 7 aromatic heterocycles. The lowest BCUT2D eigenvalue weighted by atomic mass is 10.0. The average Bonchev–Trinajstić information content (AvgIpc) is 1.59. The Morgan fingerprint density at radius 1 is 0.331 bits per heavy atom. The van der Waals surface area contributed by atoms with Crippen LogP contribution in [-0.2, 0) is 77.8 Å². The summed E-state index contributed by atoms with van der Waals surface area (Å²) in [6.45, 7) is 38.2. The lowest BCUT2D eigenvalue weighted by Crippen LogP contribution is -2.26. The van der Waals surface area contributed by atoms with E-state index in [2.05, 4.69) is 4.90 Å². The van der Waals surface area contributed by atoms with Crippen LogP contribution < -0.4 is 68.2 Å². The van der Waals surface area contributed by atoms with E-state index in [1.54, 1.807) is 112 Å². The molecule has 0 spiro atoms. The Bertz CT molecular complexity index is 6880. The van der Waals surface area contributed by atoms with E-state index in [4.69, 9.17) is 56.8 Å². The highest BCUT2D eigenvalue weighted by Gasteiger charge is 2.28. The number of methoxy groups -OCH3 is 1. The van der Waals surface area contributed by atoms with Crippen LogP contribution in [0.3, 0.4) is 0 Å². The molecular formula is C107H151N15O20. The molecule has 1 N–H and O–H groups in total. The first-order valence-electron chi connectivity index (χ1n) is 49.9. The van der Waals surface area contributed by atoms with Gasteiger partial charge < -0.3 is 66.8 Å². The van der Waals surface area contributed by atoms with E-state index in [1.807, 2.05) is 242 Å². The summed E-state index contributed by atoms with van der Waals surface area (Å²) in [7, 11) is 18.1. The van der Waals surface area contributed by atoms with E-state index in [1.165, 1.54) is 4.57 Å². The SMILES string of the molecule is CC(C)n1c(=O)n(C)c2c(O)cccc21.CC(C)n1c(=O)n(C)c2c(OC3CCOCC3)cccc21.CC(C)n1c(=O)n(C)c2c(OCC3CCOCC3)cccc21.CC(C)n1c(=O)n(C)c2c(OC[C@@H]3CCCO3)cccc21.CC(C)n1c(=O)n(C)c2c(OC[C@H]3CCCO3)cccc21.CC(C)n1c(=O)n(C)c2cc(OCCN(C)C)ccc21.COCCOCCOc1ccc2c(c1)n(C)c(=O)n2C(C)C. The quantitative estimate of drug-likeness (QED) is 0.0426. The van der Waals surface area contributed by atoms with Crippen molar-refractivity contribution in [3.05, 3.63) is 201 Å². The van der Waals surface area contributed by atoms with Gasteiger partial charge in [0.05, 0.1) is 101 Å². The first-order chi connectivity index (χ1) is 67.9. The highest BCUT2D eigenvalue weighted by Crippen LogP contribution is 2.35. The number of hydrogen-bond donors (Lipinski definition) is 1. The van der Waals surface area contributed by atoms with Crippen LogP contribution in [-0.4, -0.2) is 213 Å². The van der Waals surface area contributed by atoms with Crippen LogP contribution >= 0.6 is 0 Å². The minimum absolute atomic E-state index is 0.00280. The maximum absolute atomic E-state index is 12.4. The first-order valence-corrected chi connectivity index (χ1v) is 49.9. The summed E-state index contributed by atoms with van der Waals surface area (Å²) in [5, 5.41) is 9.70. The Kier molecular flexibility index (Phi) is 37.9. The number of nitrogens with zero attached hydrogens (tertiary/aromatic N) is 15. The summed E-state index contributed by atoms with van der Waals surface area (Å²) in [5.74, 6) is 5.31. The monoisotopic (exact) mass is 1970 g/mol. The second-order valence-corrected chi connectivity index (χ2v) is 38.9. The molecule has 0 amide bonds. The number of para-hydroxylation sites is 5.